The van der Waals surface area contributed by atoms with Crippen molar-refractivity contribution in [1.82, 2.24) is 4.31 Å². The largest absolute Gasteiger partial charge is 0.370 e. The Kier molecular flexibility index (Phi) is 5.10. The number of rotatable bonds is 4. The van der Waals surface area contributed by atoms with E-state index in [1.165, 1.54) is 30.2 Å². The van der Waals surface area contributed by atoms with Crippen LogP contribution >= 0.6 is 0 Å². The molecule has 6 nitrogen and oxygen atoms in total. The number of sulfonamides is 1. The topological polar surface area (TPSA) is 87.8 Å². The second kappa shape index (κ2) is 7.11. The van der Waals surface area contributed by atoms with Gasteiger partial charge in [-0.2, -0.15) is 0 Å². The average Bonchev–Trinajstić information content (AvgIpc) is 3.00. The van der Waals surface area contributed by atoms with Crippen molar-refractivity contribution in [3.63, 3.8) is 0 Å². The van der Waals surface area contributed by atoms with E-state index in [4.69, 9.17) is 5.73 Å². The molecule has 7 heteroatoms. The van der Waals surface area contributed by atoms with Gasteiger partial charge in [0, 0.05) is 25.3 Å². The lowest BCUT2D eigenvalue weighted by molar-refractivity contribution is 0.280. The number of aryl methyl sites for hydroxylation is 2. The molecule has 1 saturated heterocycles. The normalized spacial score (nSPS) is 20.1. The third kappa shape index (κ3) is 4.27. The summed E-state index contributed by atoms with van der Waals surface area (Å²) >= 11 is 0. The summed E-state index contributed by atoms with van der Waals surface area (Å²) in [6, 6.07) is 6.38. The summed E-state index contributed by atoms with van der Waals surface area (Å²) in [5.41, 5.74) is 9.83. The number of anilines is 1. The van der Waals surface area contributed by atoms with Crippen molar-refractivity contribution in [3.8, 4) is 0 Å². The highest BCUT2D eigenvalue weighted by Crippen LogP contribution is 2.25. The predicted octanol–water partition coefficient (Wildman–Crippen LogP) is 1.57. The molecule has 2 aliphatic rings. The standard InChI is InChI=1S/C17H26N4O2S/c1-24(22,23)21-9-7-13(8-10-21)12-19-17(18)20-16-6-5-14-3-2-4-15(14)11-16/h5-6,11,13H,2-4,7-10,12H2,1H3,(H3,18,19,20). The molecule has 132 valence electrons. The Balaban J connectivity index is 1.50. The minimum Gasteiger partial charge on any atom is -0.370 e. The van der Waals surface area contributed by atoms with Crippen LogP contribution in [0.3, 0.4) is 0 Å². The minimum absolute atomic E-state index is 0.392. The maximum absolute atomic E-state index is 11.5. The van der Waals surface area contributed by atoms with Gasteiger partial charge >= 0.3 is 0 Å². The molecule has 1 aliphatic heterocycles. The van der Waals surface area contributed by atoms with E-state index < -0.39 is 10.0 Å². The maximum atomic E-state index is 11.5. The number of nitrogens with one attached hydrogen (secondary N) is 1. The van der Waals surface area contributed by atoms with Crippen molar-refractivity contribution < 1.29 is 8.42 Å². The Hall–Kier alpha value is -1.60. The van der Waals surface area contributed by atoms with Crippen molar-refractivity contribution in [1.29, 1.82) is 0 Å². The van der Waals surface area contributed by atoms with Crippen LogP contribution in [0.25, 0.3) is 0 Å². The first-order chi connectivity index (χ1) is 11.4. The molecule has 3 rings (SSSR count). The Morgan fingerprint density at radius 1 is 1.29 bits per heavy atom. The molecule has 3 N–H and O–H groups in total. The lowest BCUT2D eigenvalue weighted by Crippen LogP contribution is -2.38. The van der Waals surface area contributed by atoms with Crippen molar-refractivity contribution in [2.75, 3.05) is 31.2 Å². The predicted molar refractivity (Wildman–Crippen MR) is 97.7 cm³/mol. The first-order valence-electron chi connectivity index (χ1n) is 8.56. The molecule has 0 bridgehead atoms. The van der Waals surface area contributed by atoms with Crippen LogP contribution in [0.15, 0.2) is 23.2 Å². The molecule has 1 heterocycles. The second-order valence-corrected chi connectivity index (χ2v) is 8.78. The molecule has 1 aromatic rings. The highest BCUT2D eigenvalue weighted by Gasteiger charge is 2.24. The average molecular weight is 350 g/mol. The van der Waals surface area contributed by atoms with Crippen LogP contribution in [0.2, 0.25) is 0 Å². The molecule has 0 atom stereocenters. The zero-order chi connectivity index (χ0) is 17.2. The molecular formula is C17H26N4O2S. The van der Waals surface area contributed by atoms with Gasteiger partial charge in [0.15, 0.2) is 5.96 Å². The van der Waals surface area contributed by atoms with Gasteiger partial charge in [0.2, 0.25) is 10.0 Å². The zero-order valence-electron chi connectivity index (χ0n) is 14.2. The molecule has 0 unspecified atom stereocenters. The monoisotopic (exact) mass is 350 g/mol. The van der Waals surface area contributed by atoms with E-state index >= 15 is 0 Å². The second-order valence-electron chi connectivity index (χ2n) is 6.79. The molecule has 0 spiro atoms. The lowest BCUT2D eigenvalue weighted by atomic mass is 9.98. The Bertz CT molecular complexity index is 722. The third-order valence-corrected chi connectivity index (χ3v) is 6.24. The maximum Gasteiger partial charge on any atom is 0.211 e. The van der Waals surface area contributed by atoms with Gasteiger partial charge in [-0.05, 0) is 61.3 Å². The molecule has 1 aromatic carbocycles. The van der Waals surface area contributed by atoms with E-state index in [0.717, 1.165) is 24.9 Å². The van der Waals surface area contributed by atoms with Gasteiger partial charge in [0.05, 0.1) is 6.26 Å². The van der Waals surface area contributed by atoms with Crippen LogP contribution < -0.4 is 11.1 Å². The smallest absolute Gasteiger partial charge is 0.211 e. The summed E-state index contributed by atoms with van der Waals surface area (Å²) in [6.45, 7) is 1.80. The van der Waals surface area contributed by atoms with Gasteiger partial charge in [0.25, 0.3) is 0 Å². The number of guanidine groups is 1. The van der Waals surface area contributed by atoms with Crippen LogP contribution in [-0.2, 0) is 22.9 Å². The fraction of sp³-hybridized carbons (Fsp3) is 0.588. The number of benzene rings is 1. The Labute approximate surface area is 144 Å². The highest BCUT2D eigenvalue weighted by atomic mass is 32.2. The Morgan fingerprint density at radius 3 is 2.71 bits per heavy atom. The molecule has 1 fully saturated rings. The van der Waals surface area contributed by atoms with Crippen molar-refractivity contribution in [3.05, 3.63) is 29.3 Å². The van der Waals surface area contributed by atoms with E-state index in [9.17, 15) is 8.42 Å². The summed E-state index contributed by atoms with van der Waals surface area (Å²) in [4.78, 5) is 4.44. The van der Waals surface area contributed by atoms with Crippen LogP contribution in [0.4, 0.5) is 5.69 Å². The van der Waals surface area contributed by atoms with Gasteiger partial charge in [-0.1, -0.05) is 6.07 Å². The zero-order valence-corrected chi connectivity index (χ0v) is 15.0. The van der Waals surface area contributed by atoms with Crippen molar-refractivity contribution >= 4 is 21.7 Å². The van der Waals surface area contributed by atoms with E-state index in [-0.39, 0.29) is 0 Å². The number of nitrogens with two attached hydrogens (primary N) is 1. The summed E-state index contributed by atoms with van der Waals surface area (Å²) in [6.07, 6.45) is 6.48. The number of hydrogen-bond acceptors (Lipinski definition) is 3. The summed E-state index contributed by atoms with van der Waals surface area (Å²) in [7, 11) is -3.07. The van der Waals surface area contributed by atoms with E-state index in [2.05, 4.69) is 28.5 Å². The highest BCUT2D eigenvalue weighted by molar-refractivity contribution is 7.88. The van der Waals surface area contributed by atoms with Crippen LogP contribution in [0, 0.1) is 5.92 Å². The lowest BCUT2D eigenvalue weighted by Gasteiger charge is -2.29. The molecule has 0 aromatic heterocycles. The van der Waals surface area contributed by atoms with E-state index in [1.54, 1.807) is 4.31 Å². The molecule has 24 heavy (non-hydrogen) atoms. The van der Waals surface area contributed by atoms with Crippen LogP contribution in [0.5, 0.6) is 0 Å². The number of fused-ring (bicyclic) bond motifs is 1. The van der Waals surface area contributed by atoms with Gasteiger partial charge in [-0.3, -0.25) is 4.99 Å². The Morgan fingerprint density at radius 2 is 2.00 bits per heavy atom. The minimum atomic E-state index is -3.07. The van der Waals surface area contributed by atoms with Crippen LogP contribution in [-0.4, -0.2) is 44.6 Å². The molecule has 0 amide bonds. The fourth-order valence-electron chi connectivity index (χ4n) is 3.49. The molecule has 0 saturated carbocycles. The van der Waals surface area contributed by atoms with E-state index in [1.807, 2.05) is 0 Å². The third-order valence-electron chi connectivity index (χ3n) is 4.93. The number of piperidine rings is 1. The summed E-state index contributed by atoms with van der Waals surface area (Å²) in [5.74, 6) is 0.821. The molecule has 0 radical (unpaired) electrons. The van der Waals surface area contributed by atoms with Crippen LogP contribution in [0.1, 0.15) is 30.4 Å². The number of nitrogens with zero attached hydrogens (tertiary/aromatic N) is 2. The quantitative estimate of drug-likeness (QED) is 0.637. The van der Waals surface area contributed by atoms with Crippen molar-refractivity contribution in [2.24, 2.45) is 16.6 Å². The van der Waals surface area contributed by atoms with Crippen molar-refractivity contribution in [2.45, 2.75) is 32.1 Å². The summed E-state index contributed by atoms with van der Waals surface area (Å²) < 4.78 is 24.6. The van der Waals surface area contributed by atoms with Gasteiger partial charge in [-0.25, -0.2) is 12.7 Å². The van der Waals surface area contributed by atoms with E-state index in [0.29, 0.717) is 31.5 Å². The number of aliphatic imine (C=N–C) groups is 1. The number of hydrogen-bond donors (Lipinski definition) is 2. The summed E-state index contributed by atoms with van der Waals surface area (Å²) in [5, 5.41) is 3.17. The van der Waals surface area contributed by atoms with Gasteiger partial charge < -0.3 is 11.1 Å². The fourth-order valence-corrected chi connectivity index (χ4v) is 4.36. The van der Waals surface area contributed by atoms with Gasteiger partial charge in [-0.15, -0.1) is 0 Å². The van der Waals surface area contributed by atoms with Gasteiger partial charge in [0.1, 0.15) is 0 Å². The molecular weight excluding hydrogens is 324 g/mol. The first-order valence-corrected chi connectivity index (χ1v) is 10.4. The SMILES string of the molecule is CS(=O)(=O)N1CCC(CN=C(N)Nc2ccc3c(c2)CCC3)CC1. The molecule has 1 aliphatic carbocycles. The first kappa shape index (κ1) is 17.2.